The Hall–Kier alpha value is -2.50. The Bertz CT molecular complexity index is 492. The molecule has 0 saturated carbocycles. The maximum Gasteiger partial charge on any atom is 0.305 e. The van der Waals surface area contributed by atoms with Gasteiger partial charge in [0.1, 0.15) is 0 Å². The SMILES string of the molecule is O=C(C[n+]1ccccc1)N/N=C/c1cnc[nH]1. The van der Waals surface area contributed by atoms with Gasteiger partial charge in [-0.3, -0.25) is 4.79 Å². The Balaban J connectivity index is 1.82. The van der Waals surface area contributed by atoms with Crippen molar-refractivity contribution in [3.8, 4) is 0 Å². The van der Waals surface area contributed by atoms with Gasteiger partial charge in [0, 0.05) is 12.1 Å². The van der Waals surface area contributed by atoms with Gasteiger partial charge in [-0.05, 0) is 0 Å². The highest BCUT2D eigenvalue weighted by Crippen LogP contribution is 1.83. The molecule has 6 heteroatoms. The lowest BCUT2D eigenvalue weighted by molar-refractivity contribution is -0.684. The number of carbonyl (C=O) groups excluding carboxylic acids is 1. The summed E-state index contributed by atoms with van der Waals surface area (Å²) < 4.78 is 1.76. The van der Waals surface area contributed by atoms with Gasteiger partial charge in [0.15, 0.2) is 12.4 Å². The van der Waals surface area contributed by atoms with Crippen LogP contribution in [-0.4, -0.2) is 22.1 Å². The predicted molar refractivity (Wildman–Crippen MR) is 61.0 cm³/mol. The molecule has 0 atom stereocenters. The van der Waals surface area contributed by atoms with E-state index in [1.807, 2.05) is 30.6 Å². The number of H-pyrrole nitrogens is 1. The zero-order valence-corrected chi connectivity index (χ0v) is 9.08. The number of hydrogen-bond donors (Lipinski definition) is 2. The number of amides is 1. The number of hydrazone groups is 1. The van der Waals surface area contributed by atoms with Crippen LogP contribution < -0.4 is 9.99 Å². The van der Waals surface area contributed by atoms with Crippen LogP contribution in [0.3, 0.4) is 0 Å². The molecule has 0 unspecified atom stereocenters. The molecular weight excluding hydrogens is 218 g/mol. The van der Waals surface area contributed by atoms with Crippen molar-refractivity contribution in [3.05, 3.63) is 48.8 Å². The van der Waals surface area contributed by atoms with E-state index in [1.165, 1.54) is 6.21 Å². The first-order valence-electron chi connectivity index (χ1n) is 5.09. The Kier molecular flexibility index (Phi) is 3.59. The highest BCUT2D eigenvalue weighted by Gasteiger charge is 2.06. The molecule has 6 nitrogen and oxygen atoms in total. The van der Waals surface area contributed by atoms with Gasteiger partial charge in [-0.15, -0.1) is 0 Å². The van der Waals surface area contributed by atoms with E-state index in [-0.39, 0.29) is 12.5 Å². The number of hydrogen-bond acceptors (Lipinski definition) is 3. The summed E-state index contributed by atoms with van der Waals surface area (Å²) in [7, 11) is 0. The maximum absolute atomic E-state index is 11.5. The van der Waals surface area contributed by atoms with Crippen molar-refractivity contribution >= 4 is 12.1 Å². The number of imidazole rings is 1. The first-order chi connectivity index (χ1) is 8.34. The summed E-state index contributed by atoms with van der Waals surface area (Å²) in [6.45, 7) is 0.237. The molecule has 2 aromatic rings. The molecular formula is C11H12N5O+. The van der Waals surface area contributed by atoms with Crippen molar-refractivity contribution in [2.75, 3.05) is 0 Å². The van der Waals surface area contributed by atoms with Crippen LogP contribution in [0, 0.1) is 0 Å². The van der Waals surface area contributed by atoms with Crippen molar-refractivity contribution in [2.45, 2.75) is 6.54 Å². The van der Waals surface area contributed by atoms with Gasteiger partial charge in [0.05, 0.1) is 24.4 Å². The van der Waals surface area contributed by atoms with Crippen molar-refractivity contribution < 1.29 is 9.36 Å². The fourth-order valence-corrected chi connectivity index (χ4v) is 1.25. The normalized spacial score (nSPS) is 10.6. The third-order valence-corrected chi connectivity index (χ3v) is 2.02. The minimum Gasteiger partial charge on any atom is -0.344 e. The van der Waals surface area contributed by atoms with E-state index in [0.29, 0.717) is 0 Å². The van der Waals surface area contributed by atoms with E-state index in [4.69, 9.17) is 0 Å². The number of nitrogens with one attached hydrogen (secondary N) is 2. The fraction of sp³-hybridized carbons (Fsp3) is 0.0909. The smallest absolute Gasteiger partial charge is 0.305 e. The van der Waals surface area contributed by atoms with Gasteiger partial charge in [0.25, 0.3) is 0 Å². The van der Waals surface area contributed by atoms with Crippen LogP contribution in [0.5, 0.6) is 0 Å². The topological polar surface area (TPSA) is 74.0 Å². The molecule has 0 bridgehead atoms. The molecule has 86 valence electrons. The fourth-order valence-electron chi connectivity index (χ4n) is 1.25. The van der Waals surface area contributed by atoms with E-state index in [1.54, 1.807) is 17.1 Å². The largest absolute Gasteiger partial charge is 0.344 e. The number of nitrogens with zero attached hydrogens (tertiary/aromatic N) is 3. The van der Waals surface area contributed by atoms with Gasteiger partial charge < -0.3 is 4.98 Å². The van der Waals surface area contributed by atoms with E-state index in [0.717, 1.165) is 5.69 Å². The standard InChI is InChI=1S/C11H11N5O/c17-11(8-16-4-2-1-3-5-16)15-14-7-10-6-12-9-13-10/h1-7,9H,8H2,(H-,12,13,14,15,17)/p+1. The van der Waals surface area contributed by atoms with Crippen LogP contribution in [0.1, 0.15) is 5.69 Å². The average Bonchev–Trinajstić information content (AvgIpc) is 2.83. The van der Waals surface area contributed by atoms with E-state index < -0.39 is 0 Å². The summed E-state index contributed by atoms with van der Waals surface area (Å²) in [5, 5.41) is 3.80. The Morgan fingerprint density at radius 3 is 3.00 bits per heavy atom. The molecule has 2 N–H and O–H groups in total. The van der Waals surface area contributed by atoms with E-state index in [9.17, 15) is 4.79 Å². The Morgan fingerprint density at radius 2 is 2.29 bits per heavy atom. The highest BCUT2D eigenvalue weighted by molar-refractivity contribution is 5.79. The predicted octanol–water partition coefficient (Wildman–Crippen LogP) is -0.153. The Morgan fingerprint density at radius 1 is 1.47 bits per heavy atom. The quantitative estimate of drug-likeness (QED) is 0.435. The minimum atomic E-state index is -0.183. The number of carbonyl (C=O) groups is 1. The van der Waals surface area contributed by atoms with Crippen LogP contribution in [0.15, 0.2) is 48.2 Å². The first kappa shape index (κ1) is 11.0. The summed E-state index contributed by atoms with van der Waals surface area (Å²) in [6.07, 6.45) is 8.29. The lowest BCUT2D eigenvalue weighted by Gasteiger charge is -1.95. The minimum absolute atomic E-state index is 0.183. The molecule has 2 heterocycles. The molecule has 17 heavy (non-hydrogen) atoms. The van der Waals surface area contributed by atoms with Crippen LogP contribution >= 0.6 is 0 Å². The lowest BCUT2D eigenvalue weighted by atomic mass is 10.4. The van der Waals surface area contributed by atoms with Crippen LogP contribution in [0.2, 0.25) is 0 Å². The molecule has 2 aromatic heterocycles. The second-order valence-corrected chi connectivity index (χ2v) is 3.35. The molecule has 1 amide bonds. The van der Waals surface area contributed by atoms with Crippen molar-refractivity contribution in [3.63, 3.8) is 0 Å². The first-order valence-corrected chi connectivity index (χ1v) is 5.09. The summed E-state index contributed by atoms with van der Waals surface area (Å²) in [4.78, 5) is 18.1. The summed E-state index contributed by atoms with van der Waals surface area (Å²) in [5.41, 5.74) is 3.17. The van der Waals surface area contributed by atoms with Gasteiger partial charge >= 0.3 is 5.91 Å². The third kappa shape index (κ3) is 3.53. The van der Waals surface area contributed by atoms with E-state index >= 15 is 0 Å². The maximum atomic E-state index is 11.5. The molecule has 0 aliphatic carbocycles. The molecule has 0 aromatic carbocycles. The zero-order valence-electron chi connectivity index (χ0n) is 9.08. The number of pyridine rings is 1. The molecule has 0 aliphatic rings. The third-order valence-electron chi connectivity index (χ3n) is 2.02. The molecule has 0 aliphatic heterocycles. The number of rotatable bonds is 4. The van der Waals surface area contributed by atoms with Crippen LogP contribution in [0.25, 0.3) is 0 Å². The van der Waals surface area contributed by atoms with Gasteiger partial charge in [0.2, 0.25) is 6.54 Å². The molecule has 0 radical (unpaired) electrons. The van der Waals surface area contributed by atoms with Gasteiger partial charge in [-0.1, -0.05) is 6.07 Å². The van der Waals surface area contributed by atoms with Crippen molar-refractivity contribution in [1.29, 1.82) is 0 Å². The van der Waals surface area contributed by atoms with Crippen molar-refractivity contribution in [1.82, 2.24) is 15.4 Å². The summed E-state index contributed by atoms with van der Waals surface area (Å²) in [6, 6.07) is 5.62. The Labute approximate surface area is 98.0 Å². The second-order valence-electron chi connectivity index (χ2n) is 3.35. The van der Waals surface area contributed by atoms with E-state index in [2.05, 4.69) is 20.5 Å². The summed E-state index contributed by atoms with van der Waals surface area (Å²) in [5.74, 6) is -0.183. The zero-order chi connectivity index (χ0) is 11.9. The number of aromatic nitrogens is 3. The second kappa shape index (κ2) is 5.55. The monoisotopic (exact) mass is 230 g/mol. The molecule has 0 fully saturated rings. The molecule has 2 rings (SSSR count). The van der Waals surface area contributed by atoms with Crippen LogP contribution in [-0.2, 0) is 11.3 Å². The van der Waals surface area contributed by atoms with Gasteiger partial charge in [-0.25, -0.2) is 10.4 Å². The van der Waals surface area contributed by atoms with Crippen molar-refractivity contribution in [2.24, 2.45) is 5.10 Å². The van der Waals surface area contributed by atoms with Crippen LogP contribution in [0.4, 0.5) is 0 Å². The summed E-state index contributed by atoms with van der Waals surface area (Å²) >= 11 is 0. The molecule has 0 saturated heterocycles. The average molecular weight is 230 g/mol. The van der Waals surface area contributed by atoms with Gasteiger partial charge in [-0.2, -0.15) is 9.67 Å². The number of aromatic amines is 1. The molecule has 0 spiro atoms. The highest BCUT2D eigenvalue weighted by atomic mass is 16.2. The lowest BCUT2D eigenvalue weighted by Crippen LogP contribution is -2.40.